The molecule has 182 valence electrons. The first-order valence-corrected chi connectivity index (χ1v) is 11.5. The van der Waals surface area contributed by atoms with Gasteiger partial charge < -0.3 is 15.2 Å². The SMILES string of the molecule is CCC(C)C(NC(=O)c1cn(C)nc1NC(=O)OCC1c2ccccc2-c2ccccc21)C(=O)O. The number of rotatable bonds is 8. The number of benzene rings is 2. The van der Waals surface area contributed by atoms with Crippen molar-refractivity contribution in [2.45, 2.75) is 32.2 Å². The monoisotopic (exact) mass is 476 g/mol. The number of ether oxygens (including phenoxy) is 1. The molecule has 0 spiro atoms. The van der Waals surface area contributed by atoms with Gasteiger partial charge in [-0.25, -0.2) is 9.59 Å². The van der Waals surface area contributed by atoms with E-state index >= 15 is 0 Å². The predicted octanol–water partition coefficient (Wildman–Crippen LogP) is 4.01. The van der Waals surface area contributed by atoms with Gasteiger partial charge >= 0.3 is 12.1 Å². The fourth-order valence-electron chi connectivity index (χ4n) is 4.38. The second kappa shape index (κ2) is 10.0. The number of hydrogen-bond donors (Lipinski definition) is 3. The number of hydrogen-bond acceptors (Lipinski definition) is 5. The number of nitrogens with one attached hydrogen (secondary N) is 2. The Labute approximate surface area is 203 Å². The summed E-state index contributed by atoms with van der Waals surface area (Å²) in [6.45, 7) is 3.71. The number of amides is 2. The van der Waals surface area contributed by atoms with E-state index in [4.69, 9.17) is 4.74 Å². The summed E-state index contributed by atoms with van der Waals surface area (Å²) < 4.78 is 6.91. The van der Waals surface area contributed by atoms with Crippen molar-refractivity contribution in [3.05, 3.63) is 71.4 Å². The zero-order valence-corrected chi connectivity index (χ0v) is 19.8. The molecule has 35 heavy (non-hydrogen) atoms. The van der Waals surface area contributed by atoms with Gasteiger partial charge in [-0.2, -0.15) is 5.10 Å². The summed E-state index contributed by atoms with van der Waals surface area (Å²) in [6.07, 6.45) is 1.25. The van der Waals surface area contributed by atoms with Gasteiger partial charge in [0, 0.05) is 19.2 Å². The van der Waals surface area contributed by atoms with E-state index in [1.165, 1.54) is 10.9 Å². The number of carbonyl (C=O) groups is 3. The van der Waals surface area contributed by atoms with Crippen molar-refractivity contribution in [1.29, 1.82) is 0 Å². The minimum Gasteiger partial charge on any atom is -0.480 e. The summed E-state index contributed by atoms with van der Waals surface area (Å²) in [6, 6.07) is 15.0. The predicted molar refractivity (Wildman–Crippen MR) is 130 cm³/mol. The highest BCUT2D eigenvalue weighted by molar-refractivity contribution is 6.02. The van der Waals surface area contributed by atoms with Gasteiger partial charge in [-0.05, 0) is 28.2 Å². The Bertz CT molecular complexity index is 1220. The average molecular weight is 477 g/mol. The smallest absolute Gasteiger partial charge is 0.412 e. The number of nitrogens with zero attached hydrogens (tertiary/aromatic N) is 2. The second-order valence-electron chi connectivity index (χ2n) is 8.69. The van der Waals surface area contributed by atoms with Crippen LogP contribution in [0.1, 0.15) is 47.7 Å². The summed E-state index contributed by atoms with van der Waals surface area (Å²) in [7, 11) is 1.60. The standard InChI is InChI=1S/C26H28N4O5/c1-4-15(2)22(25(32)33)27-24(31)20-13-30(3)29-23(20)28-26(34)35-14-21-18-11-7-5-9-16(18)17-10-6-8-12-19(17)21/h5-13,15,21-22H,4,14H2,1-3H3,(H,27,31)(H,32,33)(H,28,29,34). The zero-order chi connectivity index (χ0) is 25.1. The van der Waals surface area contributed by atoms with Gasteiger partial charge in [-0.15, -0.1) is 0 Å². The fourth-order valence-corrected chi connectivity index (χ4v) is 4.38. The van der Waals surface area contributed by atoms with E-state index in [0.717, 1.165) is 22.3 Å². The Balaban J connectivity index is 1.45. The molecule has 1 aromatic heterocycles. The highest BCUT2D eigenvalue weighted by Crippen LogP contribution is 2.44. The minimum absolute atomic E-state index is 0.00416. The first kappa shape index (κ1) is 24.0. The van der Waals surface area contributed by atoms with E-state index in [1.807, 2.05) is 43.3 Å². The van der Waals surface area contributed by atoms with Crippen LogP contribution in [0.4, 0.5) is 10.6 Å². The molecule has 1 aliphatic rings. The molecule has 2 atom stereocenters. The molecule has 0 saturated heterocycles. The normalized spacial score (nSPS) is 13.9. The number of aromatic nitrogens is 2. The molecule has 2 aromatic carbocycles. The Kier molecular flexibility index (Phi) is 6.86. The Morgan fingerprint density at radius 3 is 2.26 bits per heavy atom. The molecule has 4 rings (SSSR count). The topological polar surface area (TPSA) is 123 Å². The number of aryl methyl sites for hydroxylation is 1. The van der Waals surface area contributed by atoms with Gasteiger partial charge in [0.25, 0.3) is 5.91 Å². The summed E-state index contributed by atoms with van der Waals surface area (Å²) in [5.74, 6) is -2.14. The van der Waals surface area contributed by atoms with Crippen molar-refractivity contribution >= 4 is 23.8 Å². The third kappa shape index (κ3) is 4.89. The van der Waals surface area contributed by atoms with Crippen LogP contribution in [0.15, 0.2) is 54.7 Å². The number of aliphatic carboxylic acids is 1. The second-order valence-corrected chi connectivity index (χ2v) is 8.69. The molecular weight excluding hydrogens is 448 g/mol. The van der Waals surface area contributed by atoms with Gasteiger partial charge in [0.2, 0.25) is 0 Å². The third-order valence-corrected chi connectivity index (χ3v) is 6.40. The molecule has 3 aromatic rings. The number of carbonyl (C=O) groups excluding carboxylic acids is 2. The van der Waals surface area contributed by atoms with Gasteiger partial charge in [-0.1, -0.05) is 68.8 Å². The van der Waals surface area contributed by atoms with E-state index in [2.05, 4.69) is 27.9 Å². The summed E-state index contributed by atoms with van der Waals surface area (Å²) >= 11 is 0. The van der Waals surface area contributed by atoms with Crippen LogP contribution >= 0.6 is 0 Å². The molecule has 9 heteroatoms. The maximum atomic E-state index is 12.8. The van der Waals surface area contributed by atoms with Crippen molar-refractivity contribution in [2.24, 2.45) is 13.0 Å². The molecule has 3 N–H and O–H groups in total. The lowest BCUT2D eigenvalue weighted by atomic mass is 9.98. The van der Waals surface area contributed by atoms with Crippen LogP contribution < -0.4 is 10.6 Å². The molecule has 0 bridgehead atoms. The molecule has 2 unspecified atom stereocenters. The van der Waals surface area contributed by atoms with Gasteiger partial charge in [0.1, 0.15) is 18.2 Å². The van der Waals surface area contributed by atoms with Crippen molar-refractivity contribution in [3.8, 4) is 11.1 Å². The van der Waals surface area contributed by atoms with Crippen molar-refractivity contribution in [3.63, 3.8) is 0 Å². The maximum Gasteiger partial charge on any atom is 0.412 e. The molecule has 0 aliphatic heterocycles. The minimum atomic E-state index is -1.12. The van der Waals surface area contributed by atoms with Gasteiger partial charge in [-0.3, -0.25) is 14.8 Å². The first-order chi connectivity index (χ1) is 16.8. The molecule has 2 amide bonds. The largest absolute Gasteiger partial charge is 0.480 e. The van der Waals surface area contributed by atoms with E-state index in [0.29, 0.717) is 6.42 Å². The van der Waals surface area contributed by atoms with Crippen LogP contribution in [0, 0.1) is 5.92 Å². The van der Waals surface area contributed by atoms with E-state index < -0.39 is 24.0 Å². The lowest BCUT2D eigenvalue weighted by Crippen LogP contribution is -2.45. The summed E-state index contributed by atoms with van der Waals surface area (Å²) in [5, 5.41) is 18.7. The molecule has 0 radical (unpaired) electrons. The van der Waals surface area contributed by atoms with Crippen LogP contribution in [0.2, 0.25) is 0 Å². The van der Waals surface area contributed by atoms with Crippen LogP contribution in [-0.2, 0) is 16.6 Å². The summed E-state index contributed by atoms with van der Waals surface area (Å²) in [4.78, 5) is 37.1. The third-order valence-electron chi connectivity index (χ3n) is 6.40. The quantitative estimate of drug-likeness (QED) is 0.452. The number of carboxylic acids is 1. The molecule has 9 nitrogen and oxygen atoms in total. The Hall–Kier alpha value is -4.14. The van der Waals surface area contributed by atoms with Gasteiger partial charge in [0.15, 0.2) is 5.82 Å². The van der Waals surface area contributed by atoms with Crippen molar-refractivity contribution in [2.75, 3.05) is 11.9 Å². The molecule has 0 fully saturated rings. The number of anilines is 1. The van der Waals surface area contributed by atoms with Crippen LogP contribution in [0.25, 0.3) is 11.1 Å². The highest BCUT2D eigenvalue weighted by atomic mass is 16.5. The average Bonchev–Trinajstić information content (AvgIpc) is 3.37. The lowest BCUT2D eigenvalue weighted by molar-refractivity contribution is -0.140. The molecule has 1 heterocycles. The van der Waals surface area contributed by atoms with Crippen LogP contribution in [0.3, 0.4) is 0 Å². The maximum absolute atomic E-state index is 12.8. The molecular formula is C26H28N4O5. The Morgan fingerprint density at radius 1 is 1.09 bits per heavy atom. The van der Waals surface area contributed by atoms with Gasteiger partial charge in [0.05, 0.1) is 0 Å². The van der Waals surface area contributed by atoms with Crippen LogP contribution in [0.5, 0.6) is 0 Å². The van der Waals surface area contributed by atoms with Crippen molar-refractivity contribution in [1.82, 2.24) is 15.1 Å². The first-order valence-electron chi connectivity index (χ1n) is 11.5. The molecule has 1 aliphatic carbocycles. The lowest BCUT2D eigenvalue weighted by Gasteiger charge is -2.20. The Morgan fingerprint density at radius 2 is 1.69 bits per heavy atom. The highest BCUT2D eigenvalue weighted by Gasteiger charge is 2.30. The summed E-state index contributed by atoms with van der Waals surface area (Å²) in [5.41, 5.74) is 4.47. The number of fused-ring (bicyclic) bond motifs is 3. The van der Waals surface area contributed by atoms with E-state index in [1.54, 1.807) is 14.0 Å². The van der Waals surface area contributed by atoms with E-state index in [9.17, 15) is 19.5 Å². The van der Waals surface area contributed by atoms with E-state index in [-0.39, 0.29) is 29.8 Å². The molecule has 0 saturated carbocycles. The van der Waals surface area contributed by atoms with Crippen LogP contribution in [-0.4, -0.2) is 45.5 Å². The zero-order valence-electron chi connectivity index (χ0n) is 19.8. The number of carboxylic acid groups (broad SMARTS) is 1. The fraction of sp³-hybridized carbons (Fsp3) is 0.308. The van der Waals surface area contributed by atoms with Crippen molar-refractivity contribution < 1.29 is 24.2 Å².